The van der Waals surface area contributed by atoms with E-state index in [0.29, 0.717) is 24.7 Å². The third kappa shape index (κ3) is 3.46. The van der Waals surface area contributed by atoms with Gasteiger partial charge >= 0.3 is 0 Å². The molecule has 28 heavy (non-hydrogen) atoms. The molecular formula is C22H21N3O3. The first kappa shape index (κ1) is 18.1. The summed E-state index contributed by atoms with van der Waals surface area (Å²) >= 11 is 0. The van der Waals surface area contributed by atoms with Gasteiger partial charge in [-0.15, -0.1) is 0 Å². The van der Waals surface area contributed by atoms with Crippen molar-refractivity contribution in [1.29, 1.82) is 0 Å². The Morgan fingerprint density at radius 3 is 2.29 bits per heavy atom. The van der Waals surface area contributed by atoms with Crippen LogP contribution in [0, 0.1) is 6.92 Å². The SMILES string of the molecule is Cc1ccc(C2(c3ccc(OCc4cncc(C(N)=O)n4)cc3)COC2)cc1. The number of nitrogens with two attached hydrogens (primary N) is 1. The Hall–Kier alpha value is -3.25. The van der Waals surface area contributed by atoms with Gasteiger partial charge in [-0.25, -0.2) is 4.98 Å². The first-order valence-electron chi connectivity index (χ1n) is 9.06. The molecule has 6 heteroatoms. The Morgan fingerprint density at radius 1 is 1.07 bits per heavy atom. The van der Waals surface area contributed by atoms with Gasteiger partial charge in [0, 0.05) is 0 Å². The van der Waals surface area contributed by atoms with Crippen molar-refractivity contribution in [3.63, 3.8) is 0 Å². The molecule has 0 aliphatic carbocycles. The lowest BCUT2D eigenvalue weighted by molar-refractivity contribution is -0.0380. The van der Waals surface area contributed by atoms with Gasteiger partial charge in [-0.05, 0) is 30.2 Å². The van der Waals surface area contributed by atoms with E-state index in [1.54, 1.807) is 6.20 Å². The summed E-state index contributed by atoms with van der Waals surface area (Å²) in [5.41, 5.74) is 9.50. The summed E-state index contributed by atoms with van der Waals surface area (Å²) in [6.45, 7) is 3.64. The molecule has 1 amide bonds. The van der Waals surface area contributed by atoms with E-state index in [1.165, 1.54) is 22.9 Å². The van der Waals surface area contributed by atoms with Gasteiger partial charge in [0.05, 0.1) is 36.7 Å². The molecule has 2 N–H and O–H groups in total. The normalized spacial score (nSPS) is 14.9. The van der Waals surface area contributed by atoms with Crippen LogP contribution in [0.4, 0.5) is 0 Å². The number of aryl methyl sites for hydroxylation is 1. The van der Waals surface area contributed by atoms with Crippen molar-refractivity contribution in [2.45, 2.75) is 18.9 Å². The number of amides is 1. The van der Waals surface area contributed by atoms with E-state index >= 15 is 0 Å². The van der Waals surface area contributed by atoms with Gasteiger partial charge in [0.2, 0.25) is 0 Å². The van der Waals surface area contributed by atoms with E-state index in [-0.39, 0.29) is 17.7 Å². The Bertz CT molecular complexity index is 981. The second-order valence-corrected chi connectivity index (χ2v) is 7.01. The maximum absolute atomic E-state index is 11.2. The van der Waals surface area contributed by atoms with Crippen LogP contribution >= 0.6 is 0 Å². The molecule has 3 aromatic rings. The Labute approximate surface area is 163 Å². The third-order valence-corrected chi connectivity index (χ3v) is 5.03. The minimum Gasteiger partial charge on any atom is -0.487 e. The molecule has 1 fully saturated rings. The van der Waals surface area contributed by atoms with Crippen LogP contribution in [0.2, 0.25) is 0 Å². The molecule has 1 aromatic heterocycles. The number of primary amides is 1. The zero-order valence-electron chi connectivity index (χ0n) is 15.6. The van der Waals surface area contributed by atoms with Crippen LogP contribution in [-0.2, 0) is 16.8 Å². The number of aromatic nitrogens is 2. The van der Waals surface area contributed by atoms with Crippen molar-refractivity contribution < 1.29 is 14.3 Å². The van der Waals surface area contributed by atoms with Crippen molar-refractivity contribution in [3.8, 4) is 5.75 Å². The highest BCUT2D eigenvalue weighted by Crippen LogP contribution is 2.39. The fourth-order valence-electron chi connectivity index (χ4n) is 3.30. The summed E-state index contributed by atoms with van der Waals surface area (Å²) in [6, 6.07) is 16.6. The lowest BCUT2D eigenvalue weighted by atomic mass is 9.73. The molecule has 0 radical (unpaired) electrons. The highest BCUT2D eigenvalue weighted by atomic mass is 16.5. The van der Waals surface area contributed by atoms with Crippen LogP contribution in [0.25, 0.3) is 0 Å². The number of carbonyl (C=O) groups is 1. The molecule has 1 aliphatic rings. The topological polar surface area (TPSA) is 87.3 Å². The predicted molar refractivity (Wildman–Crippen MR) is 104 cm³/mol. The van der Waals surface area contributed by atoms with Gasteiger partial charge in [-0.3, -0.25) is 9.78 Å². The van der Waals surface area contributed by atoms with Gasteiger partial charge < -0.3 is 15.2 Å². The molecule has 1 saturated heterocycles. The average molecular weight is 375 g/mol. The molecule has 6 nitrogen and oxygen atoms in total. The van der Waals surface area contributed by atoms with E-state index in [2.05, 4.69) is 53.3 Å². The van der Waals surface area contributed by atoms with Gasteiger partial charge in [0.15, 0.2) is 0 Å². The molecule has 2 aromatic carbocycles. The number of carbonyl (C=O) groups excluding carboxylic acids is 1. The fraction of sp³-hybridized carbons (Fsp3) is 0.227. The number of hydrogen-bond acceptors (Lipinski definition) is 5. The highest BCUT2D eigenvalue weighted by molar-refractivity contribution is 5.90. The summed E-state index contributed by atoms with van der Waals surface area (Å²) in [5, 5.41) is 0. The maximum atomic E-state index is 11.2. The van der Waals surface area contributed by atoms with Gasteiger partial charge in [0.25, 0.3) is 5.91 Å². The first-order valence-corrected chi connectivity index (χ1v) is 9.06. The van der Waals surface area contributed by atoms with Crippen LogP contribution in [0.15, 0.2) is 60.9 Å². The van der Waals surface area contributed by atoms with Crippen molar-refractivity contribution in [2.75, 3.05) is 13.2 Å². The Kier molecular flexibility index (Phi) is 4.79. The fourth-order valence-corrected chi connectivity index (χ4v) is 3.30. The van der Waals surface area contributed by atoms with Crippen LogP contribution in [0.5, 0.6) is 5.75 Å². The van der Waals surface area contributed by atoms with Crippen LogP contribution in [0.3, 0.4) is 0 Å². The molecule has 4 rings (SSSR count). The van der Waals surface area contributed by atoms with Crippen molar-refractivity contribution >= 4 is 5.91 Å². The zero-order chi connectivity index (χ0) is 19.6. The van der Waals surface area contributed by atoms with E-state index in [0.717, 1.165) is 0 Å². The molecule has 142 valence electrons. The van der Waals surface area contributed by atoms with Crippen molar-refractivity contribution in [1.82, 2.24) is 9.97 Å². The summed E-state index contributed by atoms with van der Waals surface area (Å²) < 4.78 is 11.3. The molecule has 0 saturated carbocycles. The maximum Gasteiger partial charge on any atom is 0.268 e. The summed E-state index contributed by atoms with van der Waals surface area (Å²) in [5.74, 6) is 0.108. The number of rotatable bonds is 6. The molecule has 2 heterocycles. The van der Waals surface area contributed by atoms with E-state index in [1.807, 2.05) is 12.1 Å². The Morgan fingerprint density at radius 2 is 1.71 bits per heavy atom. The molecule has 0 atom stereocenters. The van der Waals surface area contributed by atoms with E-state index < -0.39 is 5.91 Å². The molecule has 0 bridgehead atoms. The minimum atomic E-state index is -0.608. The largest absolute Gasteiger partial charge is 0.487 e. The highest BCUT2D eigenvalue weighted by Gasteiger charge is 2.41. The van der Waals surface area contributed by atoms with E-state index in [9.17, 15) is 4.79 Å². The number of ether oxygens (including phenoxy) is 2. The van der Waals surface area contributed by atoms with Crippen LogP contribution in [-0.4, -0.2) is 29.1 Å². The quantitative estimate of drug-likeness (QED) is 0.716. The molecule has 0 unspecified atom stereocenters. The zero-order valence-corrected chi connectivity index (χ0v) is 15.6. The average Bonchev–Trinajstić information content (AvgIpc) is 2.68. The Balaban J connectivity index is 1.48. The second kappa shape index (κ2) is 7.40. The monoisotopic (exact) mass is 375 g/mol. The molecule has 1 aliphatic heterocycles. The summed E-state index contributed by atoms with van der Waals surface area (Å²) in [7, 11) is 0. The van der Waals surface area contributed by atoms with Crippen molar-refractivity contribution in [2.24, 2.45) is 5.73 Å². The number of benzene rings is 2. The third-order valence-electron chi connectivity index (χ3n) is 5.03. The molecule has 0 spiro atoms. The lowest BCUT2D eigenvalue weighted by Gasteiger charge is -2.42. The van der Waals surface area contributed by atoms with Gasteiger partial charge in [-0.1, -0.05) is 42.0 Å². The first-order chi connectivity index (χ1) is 13.6. The van der Waals surface area contributed by atoms with Gasteiger partial charge in [-0.2, -0.15) is 0 Å². The molecular weight excluding hydrogens is 354 g/mol. The van der Waals surface area contributed by atoms with Gasteiger partial charge in [0.1, 0.15) is 18.1 Å². The lowest BCUT2D eigenvalue weighted by Crippen LogP contribution is -2.47. The summed E-state index contributed by atoms with van der Waals surface area (Å²) in [6.07, 6.45) is 2.89. The smallest absolute Gasteiger partial charge is 0.268 e. The number of nitrogens with zero attached hydrogens (tertiary/aromatic N) is 2. The minimum absolute atomic E-state index is 0.104. The second-order valence-electron chi connectivity index (χ2n) is 7.01. The van der Waals surface area contributed by atoms with E-state index in [4.69, 9.17) is 15.2 Å². The number of hydrogen-bond donors (Lipinski definition) is 1. The predicted octanol–water partition coefficient (Wildman–Crippen LogP) is 2.78. The van der Waals surface area contributed by atoms with Crippen LogP contribution in [0.1, 0.15) is 32.9 Å². The van der Waals surface area contributed by atoms with Crippen molar-refractivity contribution in [3.05, 3.63) is 89.0 Å². The summed E-state index contributed by atoms with van der Waals surface area (Å²) in [4.78, 5) is 19.3. The standard InChI is InChI=1S/C22H21N3O3/c1-15-2-4-16(5-3-15)22(13-27-14-22)17-6-8-19(9-7-17)28-12-18-10-24-11-20(25-18)21(23)26/h2-11H,12-14H2,1H3,(H2,23,26). The van der Waals surface area contributed by atoms with Crippen LogP contribution < -0.4 is 10.5 Å².